The van der Waals surface area contributed by atoms with Gasteiger partial charge in [-0.05, 0) is 31.4 Å². The smallest absolute Gasteiger partial charge is 0.328 e. The molecule has 1 atom stereocenters. The summed E-state index contributed by atoms with van der Waals surface area (Å²) in [6.45, 7) is 2.08. The number of carbonyl (C=O) groups is 2. The Morgan fingerprint density at radius 3 is 2.54 bits per heavy atom. The molecule has 0 aliphatic heterocycles. The van der Waals surface area contributed by atoms with E-state index >= 15 is 0 Å². The van der Waals surface area contributed by atoms with Crippen molar-refractivity contribution in [2.45, 2.75) is 51.5 Å². The average molecular weight is 364 g/mol. The van der Waals surface area contributed by atoms with E-state index < -0.39 is 18.0 Å². The molecule has 1 aliphatic carbocycles. The monoisotopic (exact) mass is 364 g/mol. The highest BCUT2D eigenvalue weighted by molar-refractivity contribution is 5.98. The predicted molar refractivity (Wildman–Crippen MR) is 98.3 cm³/mol. The second-order valence-electron chi connectivity index (χ2n) is 6.77. The topological polar surface area (TPSA) is 99.1 Å². The molecule has 1 aromatic rings. The molecule has 1 fully saturated rings. The Morgan fingerprint density at radius 1 is 1.23 bits per heavy atom. The summed E-state index contributed by atoms with van der Waals surface area (Å²) in [5, 5.41) is 22.1. The Hall–Kier alpha value is -2.44. The molecule has 7 heteroatoms. The molecule has 0 bridgehead atoms. The van der Waals surface area contributed by atoms with E-state index in [1.165, 1.54) is 62.3 Å². The molecule has 1 aliphatic rings. The van der Waals surface area contributed by atoms with Crippen molar-refractivity contribution in [3.63, 3.8) is 0 Å². The second kappa shape index (κ2) is 9.31. The maximum Gasteiger partial charge on any atom is 0.328 e. The quantitative estimate of drug-likeness (QED) is 0.532. The zero-order valence-corrected chi connectivity index (χ0v) is 15.4. The molecular weight excluding hydrogens is 336 g/mol. The first-order chi connectivity index (χ1) is 12.4. The number of urea groups is 1. The Kier molecular flexibility index (Phi) is 7.12. The Morgan fingerprint density at radius 2 is 1.92 bits per heavy atom. The molecule has 3 N–H and O–H groups in total. The fourth-order valence-electron chi connectivity index (χ4n) is 3.40. The Labute approximate surface area is 154 Å². The molecular formula is C19H28N2O5. The average Bonchev–Trinajstić information content (AvgIpc) is 2.65. The lowest BCUT2D eigenvalue weighted by atomic mass is 9.87. The first-order valence-corrected chi connectivity index (χ1v) is 9.11. The predicted octanol–water partition coefficient (Wildman–Crippen LogP) is 3.15. The molecule has 1 unspecified atom stereocenters. The van der Waals surface area contributed by atoms with Gasteiger partial charge in [-0.3, -0.25) is 4.90 Å². The van der Waals surface area contributed by atoms with Crippen LogP contribution >= 0.6 is 0 Å². The summed E-state index contributed by atoms with van der Waals surface area (Å²) >= 11 is 0. The second-order valence-corrected chi connectivity index (χ2v) is 6.77. The number of esters is 1. The molecule has 0 spiro atoms. The van der Waals surface area contributed by atoms with Crippen molar-refractivity contribution in [3.05, 3.63) is 18.2 Å². The number of carbonyl (C=O) groups excluding carboxylic acids is 2. The van der Waals surface area contributed by atoms with E-state index in [-0.39, 0.29) is 11.5 Å². The number of anilines is 1. The number of phenols is 2. The number of hydrogen-bond donors (Lipinski definition) is 3. The van der Waals surface area contributed by atoms with Crippen molar-refractivity contribution < 1.29 is 24.5 Å². The lowest BCUT2D eigenvalue weighted by molar-refractivity contribution is -0.141. The van der Waals surface area contributed by atoms with Crippen LogP contribution in [0.25, 0.3) is 0 Å². The van der Waals surface area contributed by atoms with Crippen LogP contribution in [-0.2, 0) is 9.53 Å². The van der Waals surface area contributed by atoms with E-state index in [2.05, 4.69) is 5.32 Å². The maximum atomic E-state index is 12.7. The molecule has 0 aromatic heterocycles. The highest BCUT2D eigenvalue weighted by Gasteiger charge is 2.29. The van der Waals surface area contributed by atoms with Crippen LogP contribution in [0.15, 0.2) is 18.2 Å². The van der Waals surface area contributed by atoms with Crippen molar-refractivity contribution in [2.75, 3.05) is 18.6 Å². The number of phenolic OH excluding ortho intramolecular Hbond substituents is 2. The van der Waals surface area contributed by atoms with Gasteiger partial charge in [0, 0.05) is 12.6 Å². The molecule has 2 rings (SSSR count). The number of methoxy groups -OCH3 is 1. The van der Waals surface area contributed by atoms with Gasteiger partial charge in [-0.2, -0.15) is 0 Å². The zero-order valence-electron chi connectivity index (χ0n) is 15.4. The summed E-state index contributed by atoms with van der Waals surface area (Å²) in [5.41, 5.74) is 0.299. The van der Waals surface area contributed by atoms with Gasteiger partial charge in [0.1, 0.15) is 6.04 Å². The number of benzene rings is 1. The van der Waals surface area contributed by atoms with Gasteiger partial charge in [-0.25, -0.2) is 9.59 Å². The lowest BCUT2D eigenvalue weighted by Gasteiger charge is -2.28. The van der Waals surface area contributed by atoms with Gasteiger partial charge in [0.15, 0.2) is 11.5 Å². The van der Waals surface area contributed by atoms with Gasteiger partial charge >= 0.3 is 12.0 Å². The van der Waals surface area contributed by atoms with Crippen molar-refractivity contribution in [1.29, 1.82) is 0 Å². The molecule has 26 heavy (non-hydrogen) atoms. The molecule has 2 amide bonds. The van der Waals surface area contributed by atoms with Gasteiger partial charge in [0.05, 0.1) is 12.8 Å². The van der Waals surface area contributed by atoms with Crippen LogP contribution in [0, 0.1) is 5.92 Å². The molecule has 0 radical (unpaired) electrons. The summed E-state index contributed by atoms with van der Waals surface area (Å²) in [6, 6.07) is 2.67. The molecule has 1 saturated carbocycles. The third-order valence-corrected chi connectivity index (χ3v) is 4.94. The summed E-state index contributed by atoms with van der Waals surface area (Å²) in [4.78, 5) is 25.9. The third-order valence-electron chi connectivity index (χ3n) is 4.94. The highest BCUT2D eigenvalue weighted by atomic mass is 16.5. The largest absolute Gasteiger partial charge is 0.504 e. The number of rotatable bonds is 6. The van der Waals surface area contributed by atoms with Crippen LogP contribution in [0.4, 0.5) is 10.5 Å². The van der Waals surface area contributed by atoms with Crippen molar-refractivity contribution in [3.8, 4) is 11.5 Å². The Balaban J connectivity index is 2.07. The van der Waals surface area contributed by atoms with Crippen LogP contribution in [0.3, 0.4) is 0 Å². The minimum absolute atomic E-state index is 0.294. The minimum Gasteiger partial charge on any atom is -0.504 e. The van der Waals surface area contributed by atoms with E-state index in [4.69, 9.17) is 4.74 Å². The summed E-state index contributed by atoms with van der Waals surface area (Å²) in [5.74, 6) is -0.593. The van der Waals surface area contributed by atoms with Crippen molar-refractivity contribution in [1.82, 2.24) is 5.32 Å². The van der Waals surface area contributed by atoms with Gasteiger partial charge in [0.25, 0.3) is 0 Å². The first kappa shape index (κ1) is 19.9. The number of hydrogen-bond acceptors (Lipinski definition) is 5. The van der Waals surface area contributed by atoms with Crippen molar-refractivity contribution >= 4 is 17.7 Å². The van der Waals surface area contributed by atoms with Crippen LogP contribution in [0.2, 0.25) is 0 Å². The van der Waals surface area contributed by atoms with Gasteiger partial charge < -0.3 is 20.3 Å². The van der Waals surface area contributed by atoms with Gasteiger partial charge in [0.2, 0.25) is 0 Å². The zero-order chi connectivity index (χ0) is 19.1. The standard InChI is InChI=1S/C19H28N2O5/c1-13(18(24)26-2)21(15-8-9-16(22)17(23)12-15)19(25)20-11-10-14-6-4-3-5-7-14/h8-9,12-14,22-23H,3-7,10-11H2,1-2H3,(H,20,25). The number of amides is 2. The maximum absolute atomic E-state index is 12.7. The van der Waals surface area contributed by atoms with Gasteiger partial charge in [-0.15, -0.1) is 0 Å². The molecule has 0 saturated heterocycles. The van der Waals surface area contributed by atoms with Crippen LogP contribution < -0.4 is 10.2 Å². The first-order valence-electron chi connectivity index (χ1n) is 9.11. The normalized spacial score (nSPS) is 15.9. The van der Waals surface area contributed by atoms with Crippen LogP contribution in [-0.4, -0.2) is 41.9 Å². The fraction of sp³-hybridized carbons (Fsp3) is 0.579. The number of nitrogens with one attached hydrogen (secondary N) is 1. The summed E-state index contributed by atoms with van der Waals surface area (Å²) in [6.07, 6.45) is 7.09. The third kappa shape index (κ3) is 5.03. The lowest BCUT2D eigenvalue weighted by Crippen LogP contribution is -2.49. The molecule has 0 heterocycles. The van der Waals surface area contributed by atoms with E-state index in [1.54, 1.807) is 6.92 Å². The minimum atomic E-state index is -0.876. The van der Waals surface area contributed by atoms with E-state index in [0.29, 0.717) is 18.2 Å². The number of nitrogens with zero attached hydrogens (tertiary/aromatic N) is 1. The van der Waals surface area contributed by atoms with E-state index in [1.807, 2.05) is 0 Å². The van der Waals surface area contributed by atoms with Gasteiger partial charge in [-0.1, -0.05) is 32.1 Å². The summed E-state index contributed by atoms with van der Waals surface area (Å²) in [7, 11) is 1.26. The number of aromatic hydroxyl groups is 2. The molecule has 144 valence electrons. The van der Waals surface area contributed by atoms with E-state index in [9.17, 15) is 19.8 Å². The van der Waals surface area contributed by atoms with Crippen LogP contribution in [0.1, 0.15) is 45.4 Å². The fourth-order valence-corrected chi connectivity index (χ4v) is 3.40. The van der Waals surface area contributed by atoms with Crippen LogP contribution in [0.5, 0.6) is 11.5 Å². The highest BCUT2D eigenvalue weighted by Crippen LogP contribution is 2.31. The molecule has 1 aromatic carbocycles. The number of ether oxygens (including phenoxy) is 1. The van der Waals surface area contributed by atoms with E-state index in [0.717, 1.165) is 6.42 Å². The van der Waals surface area contributed by atoms with Crippen molar-refractivity contribution in [2.24, 2.45) is 5.92 Å². The molecule has 7 nitrogen and oxygen atoms in total. The summed E-state index contributed by atoms with van der Waals surface area (Å²) < 4.78 is 4.75. The SMILES string of the molecule is COC(=O)C(C)N(C(=O)NCCC1CCCCC1)c1ccc(O)c(O)c1. The Bertz CT molecular complexity index is 628.